The molecule has 1 atom stereocenters. The molecule has 6 heteroatoms. The van der Waals surface area contributed by atoms with Crippen molar-refractivity contribution < 1.29 is 13.5 Å². The number of sulfonamides is 1. The predicted octanol–water partition coefficient (Wildman–Crippen LogP) is 2.11. The van der Waals surface area contributed by atoms with Gasteiger partial charge in [0.05, 0.1) is 23.2 Å². The van der Waals surface area contributed by atoms with E-state index in [1.54, 1.807) is 48.5 Å². The van der Waals surface area contributed by atoms with Gasteiger partial charge < -0.3 is 10.0 Å². The van der Waals surface area contributed by atoms with Gasteiger partial charge in [0.25, 0.3) is 10.0 Å². The lowest BCUT2D eigenvalue weighted by Gasteiger charge is -2.28. The Balaban J connectivity index is 2.39. The summed E-state index contributed by atoms with van der Waals surface area (Å²) in [5.74, 6) is 0. The molecule has 2 rings (SSSR count). The molecule has 0 aliphatic rings. The summed E-state index contributed by atoms with van der Waals surface area (Å²) in [6, 6.07) is 15.6. The first kappa shape index (κ1) is 18.4. The summed E-state index contributed by atoms with van der Waals surface area (Å²) in [6.07, 6.45) is -0.791. The van der Waals surface area contributed by atoms with Crippen molar-refractivity contribution in [1.29, 1.82) is 0 Å². The molecule has 2 aromatic carbocycles. The van der Waals surface area contributed by atoms with Crippen molar-refractivity contribution in [2.24, 2.45) is 0 Å². The summed E-state index contributed by atoms with van der Waals surface area (Å²) in [4.78, 5) is 2.04. The van der Waals surface area contributed by atoms with E-state index >= 15 is 0 Å². The molecule has 24 heavy (non-hydrogen) atoms. The predicted molar refractivity (Wildman–Crippen MR) is 96.7 cm³/mol. The first-order chi connectivity index (χ1) is 11.3. The van der Waals surface area contributed by atoms with Gasteiger partial charge in [-0.25, -0.2) is 8.42 Å². The number of rotatable bonds is 7. The Morgan fingerprint density at radius 3 is 2.08 bits per heavy atom. The zero-order chi connectivity index (χ0) is 17.7. The van der Waals surface area contributed by atoms with Crippen LogP contribution in [0.5, 0.6) is 0 Å². The number of aryl methyl sites for hydroxylation is 1. The van der Waals surface area contributed by atoms with Crippen LogP contribution in [0.4, 0.5) is 5.69 Å². The largest absolute Gasteiger partial charge is 0.390 e. The molecule has 0 saturated carbocycles. The molecule has 2 aromatic rings. The van der Waals surface area contributed by atoms with E-state index in [1.807, 2.05) is 32.0 Å². The van der Waals surface area contributed by atoms with E-state index < -0.39 is 16.1 Å². The molecule has 0 heterocycles. The molecule has 0 bridgehead atoms. The third kappa shape index (κ3) is 4.56. The molecule has 0 spiro atoms. The van der Waals surface area contributed by atoms with Crippen molar-refractivity contribution in [3.8, 4) is 0 Å². The zero-order valence-corrected chi connectivity index (χ0v) is 15.1. The Hall–Kier alpha value is -1.89. The van der Waals surface area contributed by atoms with Crippen LogP contribution in [0.1, 0.15) is 5.56 Å². The third-order valence-corrected chi connectivity index (χ3v) is 5.41. The average molecular weight is 348 g/mol. The van der Waals surface area contributed by atoms with E-state index in [4.69, 9.17) is 0 Å². The van der Waals surface area contributed by atoms with E-state index in [9.17, 15) is 13.5 Å². The molecular formula is C18H24N2O3S. The summed E-state index contributed by atoms with van der Waals surface area (Å²) < 4.78 is 27.4. The summed E-state index contributed by atoms with van der Waals surface area (Å²) in [5, 5.41) is 10.3. The first-order valence-corrected chi connectivity index (χ1v) is 9.22. The number of anilines is 1. The van der Waals surface area contributed by atoms with Crippen molar-refractivity contribution in [1.82, 2.24) is 4.90 Å². The lowest BCUT2D eigenvalue weighted by molar-refractivity contribution is 0.145. The Bertz CT molecular complexity index is 744. The molecule has 0 fully saturated rings. The monoisotopic (exact) mass is 348 g/mol. The Morgan fingerprint density at radius 2 is 1.54 bits per heavy atom. The highest BCUT2D eigenvalue weighted by Crippen LogP contribution is 2.24. The van der Waals surface area contributed by atoms with Crippen LogP contribution in [-0.2, 0) is 10.0 Å². The minimum absolute atomic E-state index is 0.00158. The average Bonchev–Trinajstić information content (AvgIpc) is 2.53. The van der Waals surface area contributed by atoms with Gasteiger partial charge in [0, 0.05) is 6.54 Å². The Kier molecular flexibility index (Phi) is 5.99. The van der Waals surface area contributed by atoms with Gasteiger partial charge in [-0.15, -0.1) is 0 Å². The third-order valence-electron chi connectivity index (χ3n) is 3.61. The van der Waals surface area contributed by atoms with E-state index in [1.165, 1.54) is 4.31 Å². The van der Waals surface area contributed by atoms with E-state index in [0.29, 0.717) is 12.2 Å². The number of hydrogen-bond donors (Lipinski definition) is 1. The van der Waals surface area contributed by atoms with Crippen LogP contribution in [0.2, 0.25) is 0 Å². The molecule has 0 radical (unpaired) electrons. The molecule has 0 aliphatic heterocycles. The highest BCUT2D eigenvalue weighted by atomic mass is 32.2. The van der Waals surface area contributed by atoms with Gasteiger partial charge in [0.1, 0.15) is 0 Å². The molecule has 0 saturated heterocycles. The van der Waals surface area contributed by atoms with Gasteiger partial charge in [0.2, 0.25) is 0 Å². The maximum Gasteiger partial charge on any atom is 0.264 e. The van der Waals surface area contributed by atoms with Crippen molar-refractivity contribution in [3.05, 3.63) is 60.2 Å². The Labute approximate surface area is 144 Å². The lowest BCUT2D eigenvalue weighted by Crippen LogP contribution is -2.41. The number of nitrogens with zero attached hydrogens (tertiary/aromatic N) is 2. The molecule has 5 nitrogen and oxygen atoms in total. The van der Waals surface area contributed by atoms with Gasteiger partial charge in [-0.05, 0) is 45.3 Å². The molecular weight excluding hydrogens is 324 g/mol. The fourth-order valence-electron chi connectivity index (χ4n) is 2.44. The minimum atomic E-state index is -3.75. The molecule has 0 unspecified atom stereocenters. The number of hydrogen-bond acceptors (Lipinski definition) is 4. The summed E-state index contributed by atoms with van der Waals surface area (Å²) in [7, 11) is -0.0712. The van der Waals surface area contributed by atoms with Gasteiger partial charge in [-0.2, -0.15) is 0 Å². The summed E-state index contributed by atoms with van der Waals surface area (Å²) in [5.41, 5.74) is 1.53. The second-order valence-corrected chi connectivity index (χ2v) is 7.96. The van der Waals surface area contributed by atoms with Crippen LogP contribution in [0, 0.1) is 6.92 Å². The van der Waals surface area contributed by atoms with Crippen LogP contribution in [0.3, 0.4) is 0 Å². The SMILES string of the molecule is Cc1ccc(S(=O)(=O)N(C[C@@H](O)CN(C)C)c2ccccc2)cc1. The first-order valence-electron chi connectivity index (χ1n) is 7.78. The maximum atomic E-state index is 13.1. The number of benzene rings is 2. The molecule has 0 amide bonds. The van der Waals surface area contributed by atoms with Crippen molar-refractivity contribution >= 4 is 15.7 Å². The van der Waals surface area contributed by atoms with Gasteiger partial charge in [-0.1, -0.05) is 35.9 Å². The van der Waals surface area contributed by atoms with Crippen molar-refractivity contribution in [2.45, 2.75) is 17.9 Å². The normalized spacial score (nSPS) is 13.0. The molecule has 130 valence electrons. The standard InChI is InChI=1S/C18H24N2O3S/c1-15-9-11-18(12-10-15)24(22,23)20(14-17(21)13-19(2)3)16-7-5-4-6-8-16/h4-12,17,21H,13-14H2,1-3H3/t17-/m0/s1. The fraction of sp³-hybridized carbons (Fsp3) is 0.333. The second kappa shape index (κ2) is 7.79. The van der Waals surface area contributed by atoms with Crippen LogP contribution in [-0.4, -0.2) is 51.7 Å². The highest BCUT2D eigenvalue weighted by Gasteiger charge is 2.27. The van der Waals surface area contributed by atoms with Crippen LogP contribution >= 0.6 is 0 Å². The van der Waals surface area contributed by atoms with Crippen LogP contribution < -0.4 is 4.31 Å². The van der Waals surface area contributed by atoms with Gasteiger partial charge in [0.15, 0.2) is 0 Å². The molecule has 0 aliphatic carbocycles. The molecule has 0 aromatic heterocycles. The minimum Gasteiger partial charge on any atom is -0.390 e. The van der Waals surface area contributed by atoms with Crippen molar-refractivity contribution in [2.75, 3.05) is 31.5 Å². The zero-order valence-electron chi connectivity index (χ0n) is 14.3. The Morgan fingerprint density at radius 1 is 0.958 bits per heavy atom. The highest BCUT2D eigenvalue weighted by molar-refractivity contribution is 7.92. The topological polar surface area (TPSA) is 60.9 Å². The quantitative estimate of drug-likeness (QED) is 0.832. The number of aliphatic hydroxyl groups excluding tert-OH is 1. The van der Waals surface area contributed by atoms with E-state index in [2.05, 4.69) is 0 Å². The smallest absolute Gasteiger partial charge is 0.264 e. The lowest BCUT2D eigenvalue weighted by atomic mass is 10.2. The number of para-hydroxylation sites is 1. The van der Waals surface area contributed by atoms with E-state index in [-0.39, 0.29) is 11.4 Å². The summed E-state index contributed by atoms with van der Waals surface area (Å²) in [6.45, 7) is 2.29. The second-order valence-electron chi connectivity index (χ2n) is 6.10. The summed E-state index contributed by atoms with van der Waals surface area (Å²) >= 11 is 0. The van der Waals surface area contributed by atoms with Crippen LogP contribution in [0.25, 0.3) is 0 Å². The maximum absolute atomic E-state index is 13.1. The fourth-order valence-corrected chi connectivity index (χ4v) is 3.95. The number of likely N-dealkylation sites (N-methyl/N-ethyl adjacent to an activating group) is 1. The van der Waals surface area contributed by atoms with Crippen molar-refractivity contribution in [3.63, 3.8) is 0 Å². The molecule has 1 N–H and O–H groups in total. The number of aliphatic hydroxyl groups is 1. The van der Waals surface area contributed by atoms with Gasteiger partial charge in [-0.3, -0.25) is 4.31 Å². The van der Waals surface area contributed by atoms with Gasteiger partial charge >= 0.3 is 0 Å². The van der Waals surface area contributed by atoms with Crippen LogP contribution in [0.15, 0.2) is 59.5 Å². The van der Waals surface area contributed by atoms with E-state index in [0.717, 1.165) is 5.56 Å².